The third kappa shape index (κ3) is 3.50. The fourth-order valence-electron chi connectivity index (χ4n) is 2.19. The Hall–Kier alpha value is -0.830. The zero-order valence-corrected chi connectivity index (χ0v) is 12.7. The maximum absolute atomic E-state index is 12.8. The smallest absolute Gasteiger partial charge is 0.314 e. The standard InChI is InChI=1S/C12H14ClF3N2O2S/c1-8-7-17-2-3-18(8)21(19,20)11-5-9(12(14,15)16)4-10(13)6-11/h4-6,8,17H,2-3,7H2,1H3. The molecule has 0 bridgehead atoms. The van der Waals surface area contributed by atoms with Gasteiger partial charge in [0.25, 0.3) is 0 Å². The second-order valence-corrected chi connectivity index (χ2v) is 7.17. The number of hydrogen-bond acceptors (Lipinski definition) is 3. The SMILES string of the molecule is CC1CNCCN1S(=O)(=O)c1cc(Cl)cc(C(F)(F)F)c1. The first-order chi connectivity index (χ1) is 9.62. The molecule has 1 unspecified atom stereocenters. The summed E-state index contributed by atoms with van der Waals surface area (Å²) in [6, 6.07) is 2.04. The van der Waals surface area contributed by atoms with Crippen LogP contribution in [0, 0.1) is 0 Å². The van der Waals surface area contributed by atoms with Crippen molar-refractivity contribution in [2.45, 2.75) is 24.0 Å². The molecule has 1 aliphatic heterocycles. The zero-order chi connectivity index (χ0) is 15.8. The molecule has 1 saturated heterocycles. The van der Waals surface area contributed by atoms with Crippen molar-refractivity contribution < 1.29 is 21.6 Å². The highest BCUT2D eigenvalue weighted by atomic mass is 35.5. The van der Waals surface area contributed by atoms with E-state index in [1.54, 1.807) is 6.92 Å². The molecule has 21 heavy (non-hydrogen) atoms. The first-order valence-corrected chi connectivity index (χ1v) is 8.04. The number of sulfonamides is 1. The Labute approximate surface area is 125 Å². The average Bonchev–Trinajstić information content (AvgIpc) is 2.37. The van der Waals surface area contributed by atoms with Crippen molar-refractivity contribution in [2.75, 3.05) is 19.6 Å². The van der Waals surface area contributed by atoms with E-state index in [0.29, 0.717) is 25.2 Å². The molecule has 0 aromatic heterocycles. The largest absolute Gasteiger partial charge is 0.416 e. The number of nitrogens with one attached hydrogen (secondary N) is 1. The quantitative estimate of drug-likeness (QED) is 0.897. The molecule has 1 aliphatic rings. The van der Waals surface area contributed by atoms with Crippen LogP contribution in [-0.4, -0.2) is 38.4 Å². The van der Waals surface area contributed by atoms with E-state index in [4.69, 9.17) is 11.6 Å². The maximum atomic E-state index is 12.8. The van der Waals surface area contributed by atoms with Crippen LogP contribution >= 0.6 is 11.6 Å². The van der Waals surface area contributed by atoms with Gasteiger partial charge in [-0.25, -0.2) is 8.42 Å². The molecule has 1 N–H and O–H groups in total. The highest BCUT2D eigenvalue weighted by Gasteiger charge is 2.35. The highest BCUT2D eigenvalue weighted by molar-refractivity contribution is 7.89. The molecule has 0 aliphatic carbocycles. The van der Waals surface area contributed by atoms with Gasteiger partial charge in [-0.15, -0.1) is 0 Å². The summed E-state index contributed by atoms with van der Waals surface area (Å²) in [4.78, 5) is -0.434. The van der Waals surface area contributed by atoms with Crippen LogP contribution in [0.3, 0.4) is 0 Å². The topological polar surface area (TPSA) is 49.4 Å². The Bertz CT molecular complexity index is 634. The predicted molar refractivity (Wildman–Crippen MR) is 72.7 cm³/mol. The first-order valence-electron chi connectivity index (χ1n) is 6.23. The average molecular weight is 343 g/mol. The van der Waals surface area contributed by atoms with E-state index in [2.05, 4.69) is 5.32 Å². The number of halogens is 4. The van der Waals surface area contributed by atoms with Gasteiger partial charge in [-0.3, -0.25) is 0 Å². The molecule has 2 rings (SSSR count). The lowest BCUT2D eigenvalue weighted by molar-refractivity contribution is -0.137. The third-order valence-electron chi connectivity index (χ3n) is 3.25. The minimum absolute atomic E-state index is 0.206. The van der Waals surface area contributed by atoms with E-state index >= 15 is 0 Å². The summed E-state index contributed by atoms with van der Waals surface area (Å²) >= 11 is 5.64. The van der Waals surface area contributed by atoms with Gasteiger partial charge in [0.15, 0.2) is 0 Å². The number of benzene rings is 1. The van der Waals surface area contributed by atoms with Gasteiger partial charge >= 0.3 is 6.18 Å². The van der Waals surface area contributed by atoms with Crippen LogP contribution in [-0.2, 0) is 16.2 Å². The fraction of sp³-hybridized carbons (Fsp3) is 0.500. The van der Waals surface area contributed by atoms with Gasteiger partial charge in [-0.2, -0.15) is 17.5 Å². The van der Waals surface area contributed by atoms with Crippen LogP contribution in [0.2, 0.25) is 5.02 Å². The van der Waals surface area contributed by atoms with E-state index in [0.717, 1.165) is 6.07 Å². The van der Waals surface area contributed by atoms with Gasteiger partial charge in [0.05, 0.1) is 10.5 Å². The summed E-state index contributed by atoms with van der Waals surface area (Å²) < 4.78 is 64.5. The Kier molecular flexibility index (Phi) is 4.53. The van der Waals surface area contributed by atoms with Crippen molar-refractivity contribution in [3.05, 3.63) is 28.8 Å². The Morgan fingerprint density at radius 2 is 2.00 bits per heavy atom. The van der Waals surface area contributed by atoms with Crippen LogP contribution in [0.4, 0.5) is 13.2 Å². The number of hydrogen-bond donors (Lipinski definition) is 1. The summed E-state index contributed by atoms with van der Waals surface area (Å²) in [7, 11) is -4.01. The zero-order valence-electron chi connectivity index (χ0n) is 11.1. The molecule has 1 aromatic carbocycles. The molecular weight excluding hydrogens is 329 g/mol. The summed E-state index contributed by atoms with van der Waals surface area (Å²) in [6.07, 6.45) is -4.65. The highest BCUT2D eigenvalue weighted by Crippen LogP contribution is 2.34. The molecule has 0 saturated carbocycles. The Morgan fingerprint density at radius 1 is 1.33 bits per heavy atom. The first kappa shape index (κ1) is 16.5. The minimum Gasteiger partial charge on any atom is -0.314 e. The molecule has 9 heteroatoms. The monoisotopic (exact) mass is 342 g/mol. The van der Waals surface area contributed by atoms with Gasteiger partial charge in [-0.05, 0) is 25.1 Å². The lowest BCUT2D eigenvalue weighted by atomic mass is 10.2. The lowest BCUT2D eigenvalue weighted by Crippen LogP contribution is -2.52. The van der Waals surface area contributed by atoms with Crippen molar-refractivity contribution in [3.63, 3.8) is 0 Å². The van der Waals surface area contributed by atoms with Crippen LogP contribution in [0.15, 0.2) is 23.1 Å². The van der Waals surface area contributed by atoms with E-state index < -0.39 is 26.7 Å². The van der Waals surface area contributed by atoms with E-state index in [1.165, 1.54) is 4.31 Å². The number of nitrogens with zero attached hydrogens (tertiary/aromatic N) is 1. The predicted octanol–water partition coefficient (Wildman–Crippen LogP) is 2.34. The molecule has 4 nitrogen and oxygen atoms in total. The molecular formula is C12H14ClF3N2O2S. The second kappa shape index (κ2) is 5.75. The van der Waals surface area contributed by atoms with E-state index in [9.17, 15) is 21.6 Å². The fourth-order valence-corrected chi connectivity index (χ4v) is 4.19. The van der Waals surface area contributed by atoms with Crippen molar-refractivity contribution >= 4 is 21.6 Å². The van der Waals surface area contributed by atoms with Crippen LogP contribution in [0.25, 0.3) is 0 Å². The lowest BCUT2D eigenvalue weighted by Gasteiger charge is -2.33. The molecule has 0 amide bonds. The van der Waals surface area contributed by atoms with Crippen LogP contribution in [0.5, 0.6) is 0 Å². The van der Waals surface area contributed by atoms with Crippen LogP contribution in [0.1, 0.15) is 12.5 Å². The molecule has 0 radical (unpaired) electrons. The molecule has 1 aromatic rings. The van der Waals surface area contributed by atoms with Gasteiger partial charge in [0.1, 0.15) is 0 Å². The van der Waals surface area contributed by atoms with Gasteiger partial charge < -0.3 is 5.32 Å². The summed E-state index contributed by atoms with van der Waals surface area (Å²) in [5.74, 6) is 0. The molecule has 0 spiro atoms. The number of alkyl halides is 3. The number of rotatable bonds is 2. The number of piperazine rings is 1. The van der Waals surface area contributed by atoms with Crippen molar-refractivity contribution in [1.82, 2.24) is 9.62 Å². The van der Waals surface area contributed by atoms with E-state index in [1.807, 2.05) is 0 Å². The molecule has 1 heterocycles. The minimum atomic E-state index is -4.65. The Balaban J connectivity index is 2.47. The van der Waals surface area contributed by atoms with Crippen molar-refractivity contribution in [3.8, 4) is 0 Å². The second-order valence-electron chi connectivity index (χ2n) is 4.84. The van der Waals surface area contributed by atoms with E-state index in [-0.39, 0.29) is 17.6 Å². The summed E-state index contributed by atoms with van der Waals surface area (Å²) in [6.45, 7) is 2.80. The van der Waals surface area contributed by atoms with Gasteiger partial charge in [0, 0.05) is 30.7 Å². The normalized spacial score (nSPS) is 21.5. The van der Waals surface area contributed by atoms with Crippen molar-refractivity contribution in [1.29, 1.82) is 0 Å². The Morgan fingerprint density at radius 3 is 2.57 bits per heavy atom. The molecule has 1 fully saturated rings. The summed E-state index contributed by atoms with van der Waals surface area (Å²) in [5, 5.41) is 2.76. The maximum Gasteiger partial charge on any atom is 0.416 e. The molecule has 1 atom stereocenters. The molecule has 118 valence electrons. The third-order valence-corrected chi connectivity index (χ3v) is 5.46. The summed E-state index contributed by atoms with van der Waals surface area (Å²) in [5.41, 5.74) is -1.07. The van der Waals surface area contributed by atoms with Crippen molar-refractivity contribution in [2.24, 2.45) is 0 Å². The van der Waals surface area contributed by atoms with Crippen LogP contribution < -0.4 is 5.32 Å². The van der Waals surface area contributed by atoms with Gasteiger partial charge in [-0.1, -0.05) is 11.6 Å². The van der Waals surface area contributed by atoms with Gasteiger partial charge in [0.2, 0.25) is 10.0 Å².